The molecule has 4 aromatic rings. The fraction of sp³-hybridized carbons (Fsp3) is 0.268. The quantitative estimate of drug-likeness (QED) is 0.122. The molecule has 3 atom stereocenters. The van der Waals surface area contributed by atoms with Crippen LogP contribution in [-0.2, 0) is 30.3 Å². The fourth-order valence-electron chi connectivity index (χ4n) is 5.93. The van der Waals surface area contributed by atoms with Crippen molar-refractivity contribution in [3.05, 3.63) is 107 Å². The van der Waals surface area contributed by atoms with Crippen LogP contribution in [-0.4, -0.2) is 82.1 Å². The third-order valence-corrected chi connectivity index (χ3v) is 9.07. The van der Waals surface area contributed by atoms with Gasteiger partial charge in [0.2, 0.25) is 17.7 Å². The van der Waals surface area contributed by atoms with E-state index in [1.807, 2.05) is 12.1 Å². The van der Waals surface area contributed by atoms with Crippen LogP contribution in [0.4, 0.5) is 4.79 Å². The van der Waals surface area contributed by atoms with E-state index < -0.39 is 66.0 Å². The molecular weight excluding hydrogens is 744 g/mol. The predicted molar refractivity (Wildman–Crippen MR) is 206 cm³/mol. The average molecular weight is 785 g/mol. The molecule has 5 rings (SSSR count). The number of ether oxygens (including phenoxy) is 2. The van der Waals surface area contributed by atoms with Crippen molar-refractivity contribution in [3.63, 3.8) is 0 Å². The van der Waals surface area contributed by atoms with Crippen LogP contribution < -0.4 is 20.7 Å². The Morgan fingerprint density at radius 2 is 1.52 bits per heavy atom. The molecule has 0 radical (unpaired) electrons. The summed E-state index contributed by atoms with van der Waals surface area (Å²) in [5.74, 6) is -4.60. The summed E-state index contributed by atoms with van der Waals surface area (Å²) < 4.78 is 10.9. The molecule has 1 heterocycles. The largest absolute Gasteiger partial charge is 0.514 e. The number of rotatable bonds is 7. The maximum absolute atomic E-state index is 14.0. The van der Waals surface area contributed by atoms with E-state index in [1.54, 1.807) is 57.2 Å². The highest BCUT2D eigenvalue weighted by atomic mass is 35.5. The smallest absolute Gasteiger partial charge is 0.507 e. The zero-order chi connectivity index (χ0) is 40.9. The van der Waals surface area contributed by atoms with Crippen molar-refractivity contribution >= 4 is 47.4 Å². The summed E-state index contributed by atoms with van der Waals surface area (Å²) in [6.45, 7) is 5.77. The number of phenols is 1. The zero-order valence-corrected chi connectivity index (χ0v) is 32.0. The number of nitrogens with one attached hydrogen (secondary N) is 3. The summed E-state index contributed by atoms with van der Waals surface area (Å²) in [6, 6.07) is 18.3. The van der Waals surface area contributed by atoms with Gasteiger partial charge in [0.05, 0.1) is 6.54 Å². The summed E-state index contributed by atoms with van der Waals surface area (Å²) in [6.07, 6.45) is -1.26. The highest BCUT2D eigenvalue weighted by molar-refractivity contribution is 6.30. The first-order valence-corrected chi connectivity index (χ1v) is 17.9. The van der Waals surface area contributed by atoms with E-state index in [4.69, 9.17) is 21.1 Å². The van der Waals surface area contributed by atoms with Gasteiger partial charge in [-0.3, -0.25) is 19.2 Å². The molecule has 1 aliphatic heterocycles. The third kappa shape index (κ3) is 10.0. The first kappa shape index (κ1) is 40.8. The molecule has 0 spiro atoms. The lowest BCUT2D eigenvalue weighted by Crippen LogP contribution is -2.53. The number of aliphatic carboxylic acids is 1. The number of carboxylic acids is 1. The average Bonchev–Trinajstić information content (AvgIpc) is 3.13. The predicted octanol–water partition coefficient (Wildman–Crippen LogP) is 5.25. The number of carbonyl (C=O) groups is 6. The lowest BCUT2D eigenvalue weighted by molar-refractivity contribution is -0.142. The number of hydrogen-bond acceptors (Lipinski definition) is 9. The second kappa shape index (κ2) is 16.9. The highest BCUT2D eigenvalue weighted by Gasteiger charge is 2.34. The molecule has 5 N–H and O–H groups in total. The summed E-state index contributed by atoms with van der Waals surface area (Å²) in [5.41, 5.74) is 1.86. The molecule has 0 aromatic heterocycles. The van der Waals surface area contributed by atoms with Gasteiger partial charge in [0.1, 0.15) is 35.2 Å². The van der Waals surface area contributed by atoms with Gasteiger partial charge in [-0.25, -0.2) is 9.59 Å². The molecule has 0 aliphatic carbocycles. The number of carbonyl (C=O) groups excluding carboxylic acids is 5. The van der Waals surface area contributed by atoms with Gasteiger partial charge in [-0.2, -0.15) is 0 Å². The minimum absolute atomic E-state index is 0.0820. The van der Waals surface area contributed by atoms with Crippen LogP contribution >= 0.6 is 11.6 Å². The lowest BCUT2D eigenvalue weighted by Gasteiger charge is -2.30. The topological polar surface area (TPSA) is 201 Å². The van der Waals surface area contributed by atoms with Crippen LogP contribution in [0, 0.1) is 0 Å². The number of carboxylic acid groups (broad SMARTS) is 1. The number of nitrogens with zero attached hydrogens (tertiary/aromatic N) is 1. The molecule has 0 saturated heterocycles. The number of phenolic OH excluding ortho intramolecular Hbond substituents is 1. The monoisotopic (exact) mass is 784 g/mol. The summed E-state index contributed by atoms with van der Waals surface area (Å²) in [7, 11) is 1.33. The van der Waals surface area contributed by atoms with Gasteiger partial charge < -0.3 is 40.5 Å². The first-order valence-electron chi connectivity index (χ1n) is 17.5. The fourth-order valence-corrected chi connectivity index (χ4v) is 6.05. The van der Waals surface area contributed by atoms with Gasteiger partial charge in [0.25, 0.3) is 5.91 Å². The minimum atomic E-state index is -1.45. The Morgan fingerprint density at radius 1 is 0.875 bits per heavy atom. The van der Waals surface area contributed by atoms with Gasteiger partial charge in [-0.05, 0) is 98.5 Å². The molecule has 14 nitrogen and oxygen atoms in total. The maximum Gasteiger partial charge on any atom is 0.514 e. The minimum Gasteiger partial charge on any atom is -0.507 e. The first-order chi connectivity index (χ1) is 26.4. The normalized spacial score (nSPS) is 17.0. The van der Waals surface area contributed by atoms with Crippen LogP contribution in [0.15, 0.2) is 84.9 Å². The Hall–Kier alpha value is -6.41. The number of likely N-dealkylation sites (N-methyl/N-ethyl adjacent to an activating group) is 1. The molecule has 56 heavy (non-hydrogen) atoms. The molecule has 0 saturated carbocycles. The summed E-state index contributed by atoms with van der Waals surface area (Å²) in [4.78, 5) is 80.1. The SMILES string of the molecule is CC1NC(=O)C(N(C)C(=O)CNC(=O)c2ccc(-c3ccc(Cl)cc3)cc2)c2ccc(OC(=O)OC(C)(C)C)c(c2)-c2cc(ccc2O)CC(C(=O)O)NC1=O. The van der Waals surface area contributed by atoms with Crippen LogP contribution in [0.1, 0.15) is 55.2 Å². The van der Waals surface area contributed by atoms with Crippen molar-refractivity contribution in [3.8, 4) is 33.8 Å². The van der Waals surface area contributed by atoms with Crippen molar-refractivity contribution in [1.82, 2.24) is 20.9 Å². The number of benzene rings is 4. The zero-order valence-electron chi connectivity index (χ0n) is 31.2. The van der Waals surface area contributed by atoms with Crippen molar-refractivity contribution < 1.29 is 48.5 Å². The number of amides is 4. The van der Waals surface area contributed by atoms with E-state index in [0.29, 0.717) is 10.6 Å². The van der Waals surface area contributed by atoms with Gasteiger partial charge in [0, 0.05) is 35.2 Å². The van der Waals surface area contributed by atoms with E-state index in [0.717, 1.165) is 16.0 Å². The Labute approximate surface area is 327 Å². The molecule has 1 aliphatic rings. The standard InChI is InChI=1S/C41H41ClN4O10/c1-22-36(49)45-31(39(52)53)19-23-6-16-32(47)29(18-23)30-20-27(13-17-33(30)55-40(54)56-41(2,3)4)35(38(51)44-22)46(5)34(48)21-43-37(50)26-9-7-24(8-10-26)25-11-14-28(42)15-12-25/h6-18,20,22,31,35,47H,19,21H2,1-5H3,(H,43,50)(H,44,51)(H,45,49)(H,52,53). The number of aromatic hydroxyl groups is 1. The van der Waals surface area contributed by atoms with Crippen LogP contribution in [0.5, 0.6) is 11.5 Å². The molecule has 15 heteroatoms. The Kier molecular flexibility index (Phi) is 12.3. The molecule has 4 bridgehead atoms. The lowest BCUT2D eigenvalue weighted by atomic mass is 9.94. The Bertz CT molecular complexity index is 2170. The maximum atomic E-state index is 14.0. The second-order valence-electron chi connectivity index (χ2n) is 14.2. The van der Waals surface area contributed by atoms with Crippen molar-refractivity contribution in [2.45, 2.75) is 57.8 Å². The van der Waals surface area contributed by atoms with E-state index in [9.17, 15) is 39.0 Å². The number of fused-ring (bicyclic) bond motifs is 5. The third-order valence-electron chi connectivity index (χ3n) is 8.81. The van der Waals surface area contributed by atoms with Crippen LogP contribution in [0.25, 0.3) is 22.3 Å². The number of hydrogen-bond donors (Lipinski definition) is 5. The van der Waals surface area contributed by atoms with Crippen molar-refractivity contribution in [1.29, 1.82) is 0 Å². The van der Waals surface area contributed by atoms with Crippen LogP contribution in [0.3, 0.4) is 0 Å². The molecule has 0 fully saturated rings. The van der Waals surface area contributed by atoms with Gasteiger partial charge in [-0.15, -0.1) is 0 Å². The molecule has 3 unspecified atom stereocenters. The van der Waals surface area contributed by atoms with Crippen LogP contribution in [0.2, 0.25) is 5.02 Å². The molecule has 292 valence electrons. The van der Waals surface area contributed by atoms with E-state index in [1.165, 1.54) is 50.4 Å². The van der Waals surface area contributed by atoms with Gasteiger partial charge in [-0.1, -0.05) is 48.0 Å². The Morgan fingerprint density at radius 3 is 2.14 bits per heavy atom. The van der Waals surface area contributed by atoms with E-state index in [2.05, 4.69) is 16.0 Å². The van der Waals surface area contributed by atoms with Gasteiger partial charge >= 0.3 is 12.1 Å². The van der Waals surface area contributed by atoms with E-state index in [-0.39, 0.29) is 40.2 Å². The molecular formula is C41H41ClN4O10. The van der Waals surface area contributed by atoms with Gasteiger partial charge in [0.15, 0.2) is 0 Å². The Balaban J connectivity index is 1.49. The molecule has 4 amide bonds. The summed E-state index contributed by atoms with van der Waals surface area (Å²) in [5, 5.41) is 29.1. The van der Waals surface area contributed by atoms with Crippen molar-refractivity contribution in [2.75, 3.05) is 13.6 Å². The highest BCUT2D eigenvalue weighted by Crippen LogP contribution is 2.40. The second-order valence-corrected chi connectivity index (χ2v) is 14.6. The molecule has 4 aromatic carbocycles. The van der Waals surface area contributed by atoms with Crippen molar-refractivity contribution in [2.24, 2.45) is 0 Å². The summed E-state index contributed by atoms with van der Waals surface area (Å²) >= 11 is 5.99. The number of halogens is 1. The van der Waals surface area contributed by atoms with E-state index >= 15 is 0 Å².